The van der Waals surface area contributed by atoms with Gasteiger partial charge in [-0.25, -0.2) is 4.98 Å². The highest BCUT2D eigenvalue weighted by molar-refractivity contribution is 7.80. The number of fused-ring (bicyclic) bond motifs is 3. The summed E-state index contributed by atoms with van der Waals surface area (Å²) >= 11 is 5.25. The van der Waals surface area contributed by atoms with Crippen LogP contribution in [0.5, 0.6) is 11.5 Å². The average Bonchev–Trinajstić information content (AvgIpc) is 3.17. The first-order valence-electron chi connectivity index (χ1n) is 10.8. The Kier molecular flexibility index (Phi) is 5.82. The van der Waals surface area contributed by atoms with Gasteiger partial charge in [-0.05, 0) is 61.0 Å². The second-order valence-corrected chi connectivity index (χ2v) is 8.39. The Bertz CT molecular complexity index is 1310. The number of nitrogens with zero attached hydrogens (tertiary/aromatic N) is 2. The van der Waals surface area contributed by atoms with Crippen LogP contribution in [0.2, 0.25) is 0 Å². The molecule has 2 aliphatic rings. The van der Waals surface area contributed by atoms with Gasteiger partial charge in [-0.1, -0.05) is 12.5 Å². The van der Waals surface area contributed by atoms with Crippen LogP contribution in [0, 0.1) is 0 Å². The Morgan fingerprint density at radius 2 is 1.94 bits per heavy atom. The molecule has 3 N–H and O–H groups in total. The Morgan fingerprint density at radius 1 is 1.06 bits per heavy atom. The molecule has 0 bridgehead atoms. The second-order valence-electron chi connectivity index (χ2n) is 7.98. The highest BCUT2D eigenvalue weighted by atomic mass is 32.1. The van der Waals surface area contributed by atoms with Crippen molar-refractivity contribution in [2.45, 2.75) is 38.8 Å². The zero-order chi connectivity index (χ0) is 22.8. The first kappa shape index (κ1) is 21.2. The Labute approximate surface area is 195 Å². The molecule has 33 heavy (non-hydrogen) atoms. The van der Waals surface area contributed by atoms with Crippen molar-refractivity contribution in [1.29, 1.82) is 0 Å². The molecule has 0 radical (unpaired) electrons. The molecular formula is C23H23N5O4S. The van der Waals surface area contributed by atoms with Crippen molar-refractivity contribution in [3.05, 3.63) is 63.7 Å². The van der Waals surface area contributed by atoms with E-state index in [1.807, 2.05) is 18.2 Å². The van der Waals surface area contributed by atoms with Crippen molar-refractivity contribution in [1.82, 2.24) is 25.7 Å². The van der Waals surface area contributed by atoms with Crippen molar-refractivity contribution < 1.29 is 14.3 Å². The number of benzene rings is 2. The fourth-order valence-electron chi connectivity index (χ4n) is 4.02. The smallest absolute Gasteiger partial charge is 0.269 e. The predicted octanol–water partition coefficient (Wildman–Crippen LogP) is 2.16. The monoisotopic (exact) mass is 465 g/mol. The summed E-state index contributed by atoms with van der Waals surface area (Å²) in [5, 5.41) is 3.81. The van der Waals surface area contributed by atoms with Crippen LogP contribution < -0.4 is 31.2 Å². The molecule has 5 rings (SSSR count). The zero-order valence-electron chi connectivity index (χ0n) is 17.8. The van der Waals surface area contributed by atoms with Gasteiger partial charge >= 0.3 is 0 Å². The van der Waals surface area contributed by atoms with E-state index in [0.717, 1.165) is 42.8 Å². The lowest BCUT2D eigenvalue weighted by atomic mass is 10.1. The molecule has 1 amide bonds. The quantitative estimate of drug-likeness (QED) is 0.399. The number of carbonyl (C=O) groups is 1. The molecule has 0 saturated heterocycles. The van der Waals surface area contributed by atoms with E-state index in [4.69, 9.17) is 21.7 Å². The number of thiocarbonyl (C=S) groups is 1. The zero-order valence-corrected chi connectivity index (χ0v) is 18.7. The van der Waals surface area contributed by atoms with E-state index in [0.29, 0.717) is 35.3 Å². The predicted molar refractivity (Wildman–Crippen MR) is 126 cm³/mol. The molecule has 170 valence electrons. The Morgan fingerprint density at radius 3 is 2.85 bits per heavy atom. The summed E-state index contributed by atoms with van der Waals surface area (Å²) in [7, 11) is 0. The Balaban J connectivity index is 1.21. The molecule has 10 heteroatoms. The van der Waals surface area contributed by atoms with E-state index in [9.17, 15) is 9.59 Å². The molecule has 2 aliphatic heterocycles. The fourth-order valence-corrected chi connectivity index (χ4v) is 4.15. The minimum atomic E-state index is -0.374. The lowest BCUT2D eigenvalue weighted by Gasteiger charge is -2.13. The molecular weight excluding hydrogens is 442 g/mol. The number of aromatic nitrogens is 2. The van der Waals surface area contributed by atoms with Crippen LogP contribution in [0.4, 0.5) is 0 Å². The second kappa shape index (κ2) is 9.07. The molecule has 0 saturated carbocycles. The minimum Gasteiger partial charge on any atom is -0.454 e. The molecule has 1 aromatic heterocycles. The summed E-state index contributed by atoms with van der Waals surface area (Å²) < 4.78 is 12.4. The molecule has 2 aromatic carbocycles. The summed E-state index contributed by atoms with van der Waals surface area (Å²) in [6.07, 6.45) is 3.85. The largest absolute Gasteiger partial charge is 0.454 e. The van der Waals surface area contributed by atoms with Crippen LogP contribution in [-0.2, 0) is 19.5 Å². The van der Waals surface area contributed by atoms with Crippen LogP contribution in [-0.4, -0.2) is 27.4 Å². The molecule has 0 fully saturated rings. The molecule has 0 atom stereocenters. The number of rotatable bonds is 3. The highest BCUT2D eigenvalue weighted by Gasteiger charge is 2.16. The summed E-state index contributed by atoms with van der Waals surface area (Å²) in [6.45, 7) is 1.37. The van der Waals surface area contributed by atoms with Gasteiger partial charge in [0, 0.05) is 25.1 Å². The van der Waals surface area contributed by atoms with Crippen molar-refractivity contribution in [3.8, 4) is 11.5 Å². The van der Waals surface area contributed by atoms with Crippen LogP contribution in [0.15, 0.2) is 41.2 Å². The molecule has 0 aliphatic carbocycles. The van der Waals surface area contributed by atoms with Gasteiger partial charge in [0.1, 0.15) is 5.82 Å². The molecule has 3 heterocycles. The third kappa shape index (κ3) is 4.47. The molecule has 3 aromatic rings. The van der Waals surface area contributed by atoms with E-state index in [1.54, 1.807) is 22.8 Å². The van der Waals surface area contributed by atoms with Gasteiger partial charge in [-0.15, -0.1) is 0 Å². The summed E-state index contributed by atoms with van der Waals surface area (Å²) in [6, 6.07) is 10.6. The van der Waals surface area contributed by atoms with Crippen LogP contribution in [0.25, 0.3) is 10.9 Å². The number of amides is 1. The fraction of sp³-hybridized carbons (Fsp3) is 0.304. The van der Waals surface area contributed by atoms with Gasteiger partial charge in [-0.3, -0.25) is 25.0 Å². The van der Waals surface area contributed by atoms with E-state index < -0.39 is 0 Å². The minimum absolute atomic E-state index is 0.0455. The summed E-state index contributed by atoms with van der Waals surface area (Å²) in [5.74, 6) is 1.83. The SMILES string of the molecule is O=C(NNC(=S)NCc1ccc2c(c1)OCO2)c1ccc2c(=O)n3c(nc2c1)CCCCC3. The lowest BCUT2D eigenvalue weighted by molar-refractivity contribution is 0.0943. The molecule has 9 nitrogen and oxygen atoms in total. The third-order valence-electron chi connectivity index (χ3n) is 5.76. The maximum Gasteiger partial charge on any atom is 0.269 e. The molecule has 0 unspecified atom stereocenters. The van der Waals surface area contributed by atoms with E-state index >= 15 is 0 Å². The lowest BCUT2D eigenvalue weighted by Crippen LogP contribution is -2.46. The Hall–Kier alpha value is -3.66. The number of hydrogen-bond donors (Lipinski definition) is 3. The highest BCUT2D eigenvalue weighted by Crippen LogP contribution is 2.32. The number of carbonyl (C=O) groups excluding carboxylic acids is 1. The average molecular weight is 466 g/mol. The number of ether oxygens (including phenoxy) is 2. The van der Waals surface area contributed by atoms with E-state index in [1.165, 1.54) is 0 Å². The van der Waals surface area contributed by atoms with Gasteiger partial charge < -0.3 is 14.8 Å². The van der Waals surface area contributed by atoms with Crippen LogP contribution in [0.1, 0.15) is 41.0 Å². The standard InChI is InChI=1S/C23H23N5O4S/c29-21(26-27-23(33)24-12-14-5-8-18-19(10-14)32-13-31-18)15-6-7-16-17(11-15)25-20-4-2-1-3-9-28(20)22(16)30/h5-8,10-11H,1-4,9,12-13H2,(H,26,29)(H2,24,27,33). The normalized spacial score (nSPS) is 14.3. The van der Waals surface area contributed by atoms with Crippen LogP contribution in [0.3, 0.4) is 0 Å². The van der Waals surface area contributed by atoms with E-state index in [2.05, 4.69) is 21.2 Å². The van der Waals surface area contributed by atoms with Gasteiger partial charge in [-0.2, -0.15) is 0 Å². The van der Waals surface area contributed by atoms with Crippen molar-refractivity contribution >= 4 is 34.1 Å². The van der Waals surface area contributed by atoms with Gasteiger partial charge in [0.2, 0.25) is 6.79 Å². The van der Waals surface area contributed by atoms with Crippen molar-refractivity contribution in [2.24, 2.45) is 0 Å². The van der Waals surface area contributed by atoms with Crippen molar-refractivity contribution in [3.63, 3.8) is 0 Å². The van der Waals surface area contributed by atoms with Gasteiger partial charge in [0.05, 0.1) is 10.9 Å². The number of hydrazine groups is 1. The van der Waals surface area contributed by atoms with E-state index in [-0.39, 0.29) is 23.4 Å². The van der Waals surface area contributed by atoms with Gasteiger partial charge in [0.25, 0.3) is 11.5 Å². The first-order valence-corrected chi connectivity index (χ1v) is 11.3. The topological polar surface area (TPSA) is 107 Å². The summed E-state index contributed by atoms with van der Waals surface area (Å²) in [5.41, 5.74) is 7.11. The number of aryl methyl sites for hydroxylation is 1. The maximum atomic E-state index is 12.8. The first-order chi connectivity index (χ1) is 16.1. The number of hydrogen-bond acceptors (Lipinski definition) is 6. The number of nitrogens with one attached hydrogen (secondary N) is 3. The maximum absolute atomic E-state index is 12.8. The van der Waals surface area contributed by atoms with Crippen molar-refractivity contribution in [2.75, 3.05) is 6.79 Å². The third-order valence-corrected chi connectivity index (χ3v) is 6.00. The molecule has 0 spiro atoms. The summed E-state index contributed by atoms with van der Waals surface area (Å²) in [4.78, 5) is 30.1. The van der Waals surface area contributed by atoms with Gasteiger partial charge in [0.15, 0.2) is 16.6 Å². The van der Waals surface area contributed by atoms with Crippen LogP contribution >= 0.6 is 12.2 Å².